The van der Waals surface area contributed by atoms with Gasteiger partial charge in [0.05, 0.1) is 12.1 Å². The second-order valence-corrected chi connectivity index (χ2v) is 12.2. The monoisotopic (exact) mass is 674 g/mol. The van der Waals surface area contributed by atoms with Gasteiger partial charge < -0.3 is 20.7 Å². The fourth-order valence-corrected chi connectivity index (χ4v) is 5.76. The maximum absolute atomic E-state index is 14.3. The van der Waals surface area contributed by atoms with E-state index in [-0.39, 0.29) is 24.7 Å². The zero-order chi connectivity index (χ0) is 35.5. The van der Waals surface area contributed by atoms with Crippen molar-refractivity contribution in [2.45, 2.75) is 57.7 Å². The van der Waals surface area contributed by atoms with Gasteiger partial charge in [-0.2, -0.15) is 0 Å². The molecule has 0 aliphatic carbocycles. The molecule has 3 N–H and O–H groups in total. The van der Waals surface area contributed by atoms with E-state index >= 15 is 0 Å². The summed E-state index contributed by atoms with van der Waals surface area (Å²) in [6.45, 7) is 3.84. The Bertz CT molecular complexity index is 1800. The SMILES string of the molecule is CCCCCNC(=O)CN1C(=O)[C@@H](NC(=O)[C@H](C)NC(=O)Cc2ccc(C(=O)c3ccccc3)cc2)[C@@H](c2ccccc2)Oc2ccccc21. The maximum atomic E-state index is 14.3. The first-order valence-electron chi connectivity index (χ1n) is 16.9. The Kier molecular flexibility index (Phi) is 12.1. The highest BCUT2D eigenvalue weighted by Crippen LogP contribution is 2.37. The second-order valence-electron chi connectivity index (χ2n) is 12.2. The highest BCUT2D eigenvalue weighted by atomic mass is 16.5. The number of amides is 4. The van der Waals surface area contributed by atoms with Crippen molar-refractivity contribution < 1.29 is 28.7 Å². The van der Waals surface area contributed by atoms with Crippen LogP contribution in [-0.4, -0.2) is 54.6 Å². The Balaban J connectivity index is 1.29. The number of hydrogen-bond donors (Lipinski definition) is 3. The van der Waals surface area contributed by atoms with Crippen LogP contribution in [0.5, 0.6) is 5.75 Å². The molecule has 4 aromatic carbocycles. The van der Waals surface area contributed by atoms with E-state index in [1.165, 1.54) is 11.8 Å². The molecule has 0 unspecified atom stereocenters. The summed E-state index contributed by atoms with van der Waals surface area (Å²) in [6.07, 6.45) is 1.87. The number of nitrogens with one attached hydrogen (secondary N) is 3. The molecule has 0 aromatic heterocycles. The van der Waals surface area contributed by atoms with Gasteiger partial charge in [-0.25, -0.2) is 0 Å². The summed E-state index contributed by atoms with van der Waals surface area (Å²) in [6, 6.07) is 29.5. The standard InChI is InChI=1S/C40H42N4O6/c1-3-4-13-24-41-35(46)26-44-32-18-11-12-19-33(32)50-38(31-16-9-6-10-17-31)36(40(44)49)43-39(48)27(2)42-34(45)25-28-20-22-30(23-21-28)37(47)29-14-7-5-8-15-29/h5-12,14-23,27,36,38H,3-4,13,24-26H2,1-2H3,(H,41,46)(H,42,45)(H,43,48)/t27-,36-,38+/m0/s1. The molecule has 1 aliphatic heterocycles. The number of benzene rings is 4. The van der Waals surface area contributed by atoms with E-state index in [2.05, 4.69) is 22.9 Å². The van der Waals surface area contributed by atoms with Gasteiger partial charge in [0.15, 0.2) is 11.9 Å². The van der Waals surface area contributed by atoms with Gasteiger partial charge in [-0.15, -0.1) is 0 Å². The predicted molar refractivity (Wildman–Crippen MR) is 191 cm³/mol. The Morgan fingerprint density at radius 2 is 1.42 bits per heavy atom. The second kappa shape index (κ2) is 17.1. The average Bonchev–Trinajstić information content (AvgIpc) is 3.24. The Hall–Kier alpha value is -5.77. The molecule has 0 spiro atoms. The van der Waals surface area contributed by atoms with Crippen molar-refractivity contribution in [1.29, 1.82) is 0 Å². The van der Waals surface area contributed by atoms with Crippen molar-refractivity contribution in [2.24, 2.45) is 0 Å². The molecule has 0 fully saturated rings. The predicted octanol–water partition coefficient (Wildman–Crippen LogP) is 4.92. The molecule has 10 heteroatoms. The van der Waals surface area contributed by atoms with Crippen molar-refractivity contribution in [3.05, 3.63) is 131 Å². The van der Waals surface area contributed by atoms with Gasteiger partial charge in [0, 0.05) is 17.7 Å². The fourth-order valence-electron chi connectivity index (χ4n) is 5.76. The van der Waals surface area contributed by atoms with Gasteiger partial charge in [-0.05, 0) is 36.6 Å². The number of carbonyl (C=O) groups excluding carboxylic acids is 5. The van der Waals surface area contributed by atoms with E-state index in [1.54, 1.807) is 84.9 Å². The number of fused-ring (bicyclic) bond motifs is 1. The third-order valence-electron chi connectivity index (χ3n) is 8.46. The molecule has 50 heavy (non-hydrogen) atoms. The minimum Gasteiger partial charge on any atom is -0.481 e. The summed E-state index contributed by atoms with van der Waals surface area (Å²) < 4.78 is 6.43. The first-order chi connectivity index (χ1) is 24.2. The molecular formula is C40H42N4O6. The Labute approximate surface area is 292 Å². The third-order valence-corrected chi connectivity index (χ3v) is 8.46. The lowest BCUT2D eigenvalue weighted by atomic mass is 10.0. The largest absolute Gasteiger partial charge is 0.481 e. The topological polar surface area (TPSA) is 134 Å². The van der Waals surface area contributed by atoms with Crippen LogP contribution >= 0.6 is 0 Å². The average molecular weight is 675 g/mol. The zero-order valence-corrected chi connectivity index (χ0v) is 28.3. The van der Waals surface area contributed by atoms with E-state index in [1.807, 2.05) is 24.3 Å². The Morgan fingerprint density at radius 1 is 0.780 bits per heavy atom. The number of anilines is 1. The molecule has 4 amide bonds. The molecule has 4 aromatic rings. The van der Waals surface area contributed by atoms with Crippen LogP contribution < -0.4 is 25.6 Å². The first kappa shape index (κ1) is 35.5. The molecule has 0 saturated heterocycles. The number of carbonyl (C=O) groups is 5. The van der Waals surface area contributed by atoms with E-state index in [0.717, 1.165) is 19.3 Å². The van der Waals surface area contributed by atoms with Crippen molar-refractivity contribution in [3.8, 4) is 5.75 Å². The highest BCUT2D eigenvalue weighted by Gasteiger charge is 2.41. The van der Waals surface area contributed by atoms with Crippen LogP contribution in [0.4, 0.5) is 5.69 Å². The van der Waals surface area contributed by atoms with Gasteiger partial charge in [0.2, 0.25) is 17.7 Å². The maximum Gasteiger partial charge on any atom is 0.254 e. The minimum atomic E-state index is -1.22. The first-order valence-corrected chi connectivity index (χ1v) is 16.9. The summed E-state index contributed by atoms with van der Waals surface area (Å²) in [5, 5.41) is 8.42. The molecule has 1 aliphatic rings. The van der Waals surface area contributed by atoms with Crippen molar-refractivity contribution in [3.63, 3.8) is 0 Å². The normalized spacial score (nSPS) is 15.9. The summed E-state index contributed by atoms with van der Waals surface area (Å²) in [4.78, 5) is 68.1. The van der Waals surface area contributed by atoms with E-state index in [0.29, 0.717) is 40.2 Å². The lowest BCUT2D eigenvalue weighted by molar-refractivity contribution is -0.132. The molecular weight excluding hydrogens is 632 g/mol. The number of nitrogens with zero attached hydrogens (tertiary/aromatic N) is 1. The fraction of sp³-hybridized carbons (Fsp3) is 0.275. The van der Waals surface area contributed by atoms with Crippen LogP contribution in [-0.2, 0) is 25.6 Å². The highest BCUT2D eigenvalue weighted by molar-refractivity contribution is 6.09. The van der Waals surface area contributed by atoms with E-state index < -0.39 is 35.9 Å². The molecule has 1 heterocycles. The molecule has 3 atom stereocenters. The van der Waals surface area contributed by atoms with Crippen molar-refractivity contribution >= 4 is 35.1 Å². The quantitative estimate of drug-likeness (QED) is 0.128. The molecule has 0 saturated carbocycles. The van der Waals surface area contributed by atoms with Gasteiger partial charge >= 0.3 is 0 Å². The summed E-state index contributed by atoms with van der Waals surface area (Å²) in [5.74, 6) is -1.59. The van der Waals surface area contributed by atoms with Crippen LogP contribution in [0.2, 0.25) is 0 Å². The van der Waals surface area contributed by atoms with Gasteiger partial charge in [0.25, 0.3) is 5.91 Å². The van der Waals surface area contributed by atoms with Crippen LogP contribution in [0.1, 0.15) is 66.3 Å². The summed E-state index contributed by atoms with van der Waals surface area (Å²) in [5.41, 5.74) is 2.80. The van der Waals surface area contributed by atoms with Gasteiger partial charge in [-0.1, -0.05) is 117 Å². The van der Waals surface area contributed by atoms with E-state index in [9.17, 15) is 24.0 Å². The number of ketones is 1. The number of ether oxygens (including phenoxy) is 1. The van der Waals surface area contributed by atoms with Gasteiger partial charge in [-0.3, -0.25) is 28.9 Å². The number of hydrogen-bond acceptors (Lipinski definition) is 6. The van der Waals surface area contributed by atoms with Crippen LogP contribution in [0.3, 0.4) is 0 Å². The van der Waals surface area contributed by atoms with Crippen LogP contribution in [0.25, 0.3) is 0 Å². The number of rotatable bonds is 14. The summed E-state index contributed by atoms with van der Waals surface area (Å²) in [7, 11) is 0. The van der Waals surface area contributed by atoms with Crippen molar-refractivity contribution in [2.75, 3.05) is 18.0 Å². The molecule has 0 bridgehead atoms. The lowest BCUT2D eigenvalue weighted by Gasteiger charge is -2.29. The zero-order valence-electron chi connectivity index (χ0n) is 28.3. The van der Waals surface area contributed by atoms with Crippen molar-refractivity contribution in [1.82, 2.24) is 16.0 Å². The molecule has 5 rings (SSSR count). The minimum absolute atomic E-state index is 0.0218. The van der Waals surface area contributed by atoms with E-state index in [4.69, 9.17) is 4.74 Å². The molecule has 0 radical (unpaired) electrons. The van der Waals surface area contributed by atoms with Crippen LogP contribution in [0.15, 0.2) is 109 Å². The van der Waals surface area contributed by atoms with Crippen LogP contribution in [0, 0.1) is 0 Å². The smallest absolute Gasteiger partial charge is 0.254 e. The molecule has 258 valence electrons. The third kappa shape index (κ3) is 9.02. The molecule has 10 nitrogen and oxygen atoms in total. The summed E-state index contributed by atoms with van der Waals surface area (Å²) >= 11 is 0. The Morgan fingerprint density at radius 3 is 2.12 bits per heavy atom. The number of para-hydroxylation sites is 2. The number of unbranched alkanes of at least 4 members (excludes halogenated alkanes) is 2. The lowest BCUT2D eigenvalue weighted by Crippen LogP contribution is -2.56. The van der Waals surface area contributed by atoms with Gasteiger partial charge in [0.1, 0.15) is 24.4 Å².